The van der Waals surface area contributed by atoms with E-state index in [-0.39, 0.29) is 12.6 Å². The van der Waals surface area contributed by atoms with Crippen LogP contribution in [0.1, 0.15) is 17.2 Å². The normalized spacial score (nSPS) is 16.1. The van der Waals surface area contributed by atoms with Crippen LogP contribution >= 0.6 is 0 Å². The Balaban J connectivity index is 1.17. The minimum absolute atomic E-state index is 0.241. The highest BCUT2D eigenvalue weighted by atomic mass is 16.5. The van der Waals surface area contributed by atoms with Crippen molar-refractivity contribution < 1.29 is 9.84 Å². The summed E-state index contributed by atoms with van der Waals surface area (Å²) in [6, 6.07) is 27.4. The van der Waals surface area contributed by atoms with Crippen molar-refractivity contribution in [2.45, 2.75) is 12.1 Å². The highest BCUT2D eigenvalue weighted by Gasteiger charge is 2.27. The molecule has 4 aromatic rings. The monoisotopic (exact) mass is 454 g/mol. The summed E-state index contributed by atoms with van der Waals surface area (Å²) in [6.45, 7) is 4.55. The molecule has 6 nitrogen and oxygen atoms in total. The molecule has 1 aliphatic heterocycles. The third kappa shape index (κ3) is 5.25. The van der Waals surface area contributed by atoms with Crippen LogP contribution in [0.25, 0.3) is 10.9 Å². The molecule has 1 fully saturated rings. The van der Waals surface area contributed by atoms with Crippen molar-refractivity contribution in [2.24, 2.45) is 0 Å². The zero-order valence-corrected chi connectivity index (χ0v) is 19.2. The van der Waals surface area contributed by atoms with Crippen LogP contribution in [0.3, 0.4) is 0 Å². The van der Waals surface area contributed by atoms with Gasteiger partial charge in [-0.25, -0.2) is 9.97 Å². The van der Waals surface area contributed by atoms with Gasteiger partial charge in [-0.2, -0.15) is 0 Å². The minimum atomic E-state index is -0.564. The summed E-state index contributed by atoms with van der Waals surface area (Å²) in [5.74, 6) is 0.704. The summed E-state index contributed by atoms with van der Waals surface area (Å²) in [6.07, 6.45) is 2.71. The van der Waals surface area contributed by atoms with Crippen LogP contribution in [0.2, 0.25) is 0 Å². The van der Waals surface area contributed by atoms with Gasteiger partial charge in [-0.15, -0.1) is 0 Å². The molecule has 1 aromatic heterocycles. The van der Waals surface area contributed by atoms with Gasteiger partial charge >= 0.3 is 0 Å². The molecular formula is C28H30N4O2. The fourth-order valence-electron chi connectivity index (χ4n) is 4.73. The molecule has 0 radical (unpaired) electrons. The molecule has 0 saturated carbocycles. The number of nitrogens with zero attached hydrogens (tertiary/aromatic N) is 4. The number of aliphatic hydroxyl groups is 1. The number of fused-ring (bicyclic) bond motifs is 1. The molecule has 174 valence electrons. The highest BCUT2D eigenvalue weighted by molar-refractivity contribution is 5.83. The second-order valence-corrected chi connectivity index (χ2v) is 8.74. The summed E-state index contributed by atoms with van der Waals surface area (Å²) in [4.78, 5) is 13.2. The molecule has 1 atom stereocenters. The Labute approximate surface area is 200 Å². The van der Waals surface area contributed by atoms with Crippen molar-refractivity contribution in [3.8, 4) is 5.75 Å². The summed E-state index contributed by atoms with van der Waals surface area (Å²) in [5.41, 5.74) is 3.47. The van der Waals surface area contributed by atoms with Gasteiger partial charge in [0, 0.05) is 38.9 Å². The van der Waals surface area contributed by atoms with Gasteiger partial charge in [-0.05, 0) is 23.3 Å². The third-order valence-corrected chi connectivity index (χ3v) is 6.41. The molecule has 0 spiro atoms. The van der Waals surface area contributed by atoms with E-state index in [1.165, 1.54) is 17.5 Å². The number of rotatable bonds is 8. The van der Waals surface area contributed by atoms with E-state index in [4.69, 9.17) is 4.74 Å². The molecule has 1 saturated heterocycles. The van der Waals surface area contributed by atoms with Crippen molar-refractivity contribution in [1.82, 2.24) is 19.8 Å². The molecule has 34 heavy (non-hydrogen) atoms. The summed E-state index contributed by atoms with van der Waals surface area (Å²) in [5, 5.41) is 11.5. The lowest BCUT2D eigenvalue weighted by Crippen LogP contribution is -2.50. The topological polar surface area (TPSA) is 61.7 Å². The predicted molar refractivity (Wildman–Crippen MR) is 134 cm³/mol. The Kier molecular flexibility index (Phi) is 7.10. The standard InChI is InChI=1S/C28H30N4O2/c33-24(20-34-27-13-7-12-26-25(27)18-29-21-30-26)19-31-14-16-32(17-15-31)28(22-8-3-1-4-9-22)23-10-5-2-6-11-23/h1-13,18,21,24,28,33H,14-17,19-20H2. The molecule has 2 heterocycles. The van der Waals surface area contributed by atoms with Gasteiger partial charge in [0.15, 0.2) is 0 Å². The maximum absolute atomic E-state index is 10.7. The number of β-amino-alcohol motifs (C(OH)–C–C–N with tert-alkyl or cyclic N) is 1. The van der Waals surface area contributed by atoms with Gasteiger partial charge in [0.25, 0.3) is 0 Å². The van der Waals surface area contributed by atoms with Crippen LogP contribution in [-0.4, -0.2) is 70.3 Å². The first kappa shape index (κ1) is 22.5. The van der Waals surface area contributed by atoms with E-state index in [1.54, 1.807) is 6.20 Å². The van der Waals surface area contributed by atoms with Gasteiger partial charge in [0.05, 0.1) is 16.9 Å². The Bertz CT molecular complexity index is 1140. The minimum Gasteiger partial charge on any atom is -0.490 e. The second kappa shape index (κ2) is 10.7. The number of ether oxygens (including phenoxy) is 1. The lowest BCUT2D eigenvalue weighted by atomic mass is 9.96. The van der Waals surface area contributed by atoms with Crippen molar-refractivity contribution in [3.05, 3.63) is 103 Å². The van der Waals surface area contributed by atoms with E-state index in [2.05, 4.69) is 80.4 Å². The largest absolute Gasteiger partial charge is 0.490 e. The molecule has 0 amide bonds. The number of benzene rings is 3. The molecule has 5 rings (SSSR count). The quantitative estimate of drug-likeness (QED) is 0.437. The van der Waals surface area contributed by atoms with E-state index in [0.29, 0.717) is 12.3 Å². The lowest BCUT2D eigenvalue weighted by molar-refractivity contribution is 0.0404. The molecule has 0 bridgehead atoms. The Morgan fingerprint density at radius 2 is 1.50 bits per heavy atom. The van der Waals surface area contributed by atoms with E-state index in [1.807, 2.05) is 18.2 Å². The van der Waals surface area contributed by atoms with Crippen LogP contribution in [0.5, 0.6) is 5.75 Å². The zero-order chi connectivity index (χ0) is 23.2. The number of aliphatic hydroxyl groups excluding tert-OH is 1. The van der Waals surface area contributed by atoms with E-state index in [9.17, 15) is 5.11 Å². The Morgan fingerprint density at radius 1 is 0.824 bits per heavy atom. The van der Waals surface area contributed by atoms with Gasteiger partial charge in [-0.3, -0.25) is 9.80 Å². The van der Waals surface area contributed by atoms with Crippen LogP contribution in [-0.2, 0) is 0 Å². The van der Waals surface area contributed by atoms with Crippen molar-refractivity contribution in [2.75, 3.05) is 39.3 Å². The van der Waals surface area contributed by atoms with Gasteiger partial charge in [-0.1, -0.05) is 66.7 Å². The average molecular weight is 455 g/mol. The molecule has 6 heteroatoms. The Morgan fingerprint density at radius 3 is 2.18 bits per heavy atom. The molecular weight excluding hydrogens is 424 g/mol. The number of piperazine rings is 1. The van der Waals surface area contributed by atoms with Gasteiger partial charge < -0.3 is 9.84 Å². The zero-order valence-electron chi connectivity index (χ0n) is 19.2. The first-order valence-corrected chi connectivity index (χ1v) is 11.8. The first-order valence-electron chi connectivity index (χ1n) is 11.8. The SMILES string of the molecule is OC(COc1cccc2ncncc12)CN1CCN(C(c2ccccc2)c2ccccc2)CC1. The molecule has 1 aliphatic rings. The number of hydrogen-bond donors (Lipinski definition) is 1. The maximum Gasteiger partial charge on any atom is 0.130 e. The fourth-order valence-corrected chi connectivity index (χ4v) is 4.73. The average Bonchev–Trinajstić information content (AvgIpc) is 2.90. The van der Waals surface area contributed by atoms with Gasteiger partial charge in [0.2, 0.25) is 0 Å². The highest BCUT2D eigenvalue weighted by Crippen LogP contribution is 2.29. The summed E-state index contributed by atoms with van der Waals surface area (Å²) in [7, 11) is 0. The van der Waals surface area contributed by atoms with Crippen molar-refractivity contribution in [1.29, 1.82) is 0 Å². The van der Waals surface area contributed by atoms with Crippen LogP contribution in [0.4, 0.5) is 0 Å². The van der Waals surface area contributed by atoms with E-state index < -0.39 is 6.10 Å². The second-order valence-electron chi connectivity index (χ2n) is 8.74. The molecule has 1 N–H and O–H groups in total. The number of aromatic nitrogens is 2. The van der Waals surface area contributed by atoms with E-state index >= 15 is 0 Å². The maximum atomic E-state index is 10.7. The first-order chi connectivity index (χ1) is 16.8. The van der Waals surface area contributed by atoms with E-state index in [0.717, 1.165) is 37.1 Å². The van der Waals surface area contributed by atoms with Crippen molar-refractivity contribution in [3.63, 3.8) is 0 Å². The summed E-state index contributed by atoms with van der Waals surface area (Å²) >= 11 is 0. The number of hydrogen-bond acceptors (Lipinski definition) is 6. The fraction of sp³-hybridized carbons (Fsp3) is 0.286. The molecule has 0 aliphatic carbocycles. The summed E-state index contributed by atoms with van der Waals surface area (Å²) < 4.78 is 5.93. The predicted octanol–water partition coefficient (Wildman–Crippen LogP) is 3.78. The van der Waals surface area contributed by atoms with Crippen molar-refractivity contribution >= 4 is 10.9 Å². The third-order valence-electron chi connectivity index (χ3n) is 6.41. The van der Waals surface area contributed by atoms with Gasteiger partial charge in [0.1, 0.15) is 24.8 Å². The smallest absolute Gasteiger partial charge is 0.130 e. The molecule has 3 aromatic carbocycles. The van der Waals surface area contributed by atoms with Crippen LogP contribution < -0.4 is 4.74 Å². The lowest BCUT2D eigenvalue weighted by Gasteiger charge is -2.40. The molecule has 1 unspecified atom stereocenters. The van der Waals surface area contributed by atoms with Crippen LogP contribution in [0, 0.1) is 0 Å². The Hall–Kier alpha value is -3.32. The van der Waals surface area contributed by atoms with Crippen LogP contribution in [0.15, 0.2) is 91.4 Å².